The summed E-state index contributed by atoms with van der Waals surface area (Å²) < 4.78 is 4.68. The molecule has 1 aromatic rings. The number of carbonyl (C=O) groups excluding carboxylic acids is 1. The summed E-state index contributed by atoms with van der Waals surface area (Å²) in [6.45, 7) is 4.88. The zero-order valence-corrected chi connectivity index (χ0v) is 9.77. The Morgan fingerprint density at radius 2 is 2.17 bits per heavy atom. The molecule has 0 unspecified atom stereocenters. The average Bonchev–Trinajstić information content (AvgIpc) is 2.31. The van der Waals surface area contributed by atoms with Crippen molar-refractivity contribution in [2.45, 2.75) is 6.92 Å². The van der Waals surface area contributed by atoms with Crippen molar-refractivity contribution in [3.8, 4) is 5.75 Å². The first-order valence-corrected chi connectivity index (χ1v) is 5.08. The molecule has 1 aromatic carbocycles. The molecule has 1 rings (SSSR count). The van der Waals surface area contributed by atoms with Crippen molar-refractivity contribution in [1.82, 2.24) is 0 Å². The van der Waals surface area contributed by atoms with Gasteiger partial charge in [0, 0.05) is 0 Å². The number of carboxylic acid groups (broad SMARTS) is 1. The van der Waals surface area contributed by atoms with Gasteiger partial charge >= 0.3 is 12.1 Å². The Morgan fingerprint density at radius 1 is 1.50 bits per heavy atom. The highest BCUT2D eigenvalue weighted by Gasteiger charge is 2.16. The molecule has 1 amide bonds. The van der Waals surface area contributed by atoms with Crippen LogP contribution in [0.15, 0.2) is 24.8 Å². The lowest BCUT2D eigenvalue weighted by Gasteiger charge is -2.12. The lowest BCUT2D eigenvalue weighted by molar-refractivity contribution is 0.0696. The molecule has 0 aromatic heterocycles. The van der Waals surface area contributed by atoms with Gasteiger partial charge in [-0.25, -0.2) is 9.59 Å². The summed E-state index contributed by atoms with van der Waals surface area (Å²) >= 11 is 0. The molecule has 96 valence electrons. The monoisotopic (exact) mass is 251 g/mol. The van der Waals surface area contributed by atoms with E-state index in [4.69, 9.17) is 5.11 Å². The number of rotatable bonds is 4. The van der Waals surface area contributed by atoms with Crippen LogP contribution in [0.4, 0.5) is 10.5 Å². The Hall–Kier alpha value is -2.50. The minimum atomic E-state index is -1.14. The van der Waals surface area contributed by atoms with E-state index in [1.807, 2.05) is 0 Å². The molecule has 3 N–H and O–H groups in total. The lowest BCUT2D eigenvalue weighted by atomic mass is 10.1. The number of nitrogens with one attached hydrogen (secondary N) is 1. The predicted molar refractivity (Wildman–Crippen MR) is 65.0 cm³/mol. The first kappa shape index (κ1) is 13.6. The maximum atomic E-state index is 11.3. The van der Waals surface area contributed by atoms with E-state index < -0.39 is 12.1 Å². The van der Waals surface area contributed by atoms with E-state index >= 15 is 0 Å². The maximum Gasteiger partial charge on any atom is 0.412 e. The van der Waals surface area contributed by atoms with Gasteiger partial charge in [0.1, 0.15) is 12.4 Å². The van der Waals surface area contributed by atoms with E-state index in [-0.39, 0.29) is 29.2 Å². The zero-order valence-electron chi connectivity index (χ0n) is 9.77. The number of carboxylic acids is 1. The van der Waals surface area contributed by atoms with Gasteiger partial charge in [0.25, 0.3) is 0 Å². The van der Waals surface area contributed by atoms with E-state index in [1.165, 1.54) is 25.1 Å². The molecule has 0 aliphatic heterocycles. The number of aromatic hydroxyl groups is 1. The topological polar surface area (TPSA) is 95.9 Å². The van der Waals surface area contributed by atoms with Crippen LogP contribution in [0.5, 0.6) is 5.75 Å². The third-order valence-electron chi connectivity index (χ3n) is 2.23. The second-order valence-electron chi connectivity index (χ2n) is 3.45. The minimum Gasteiger partial charge on any atom is -0.506 e. The van der Waals surface area contributed by atoms with Crippen LogP contribution in [0.1, 0.15) is 15.9 Å². The normalized spacial score (nSPS) is 9.61. The SMILES string of the molecule is C=CCOC(=O)Nc1c(O)ccc(C(=O)O)c1C. The third kappa shape index (κ3) is 3.00. The van der Waals surface area contributed by atoms with Crippen LogP contribution in [0, 0.1) is 6.92 Å². The highest BCUT2D eigenvalue weighted by Crippen LogP contribution is 2.29. The molecule has 0 heterocycles. The van der Waals surface area contributed by atoms with Gasteiger partial charge in [-0.05, 0) is 24.6 Å². The van der Waals surface area contributed by atoms with Crippen LogP contribution in [0.2, 0.25) is 0 Å². The molecule has 0 saturated carbocycles. The standard InChI is InChI=1S/C12H13NO5/c1-3-6-18-12(17)13-10-7(2)8(11(15)16)4-5-9(10)14/h3-5,14H,1,6H2,2H3,(H,13,17)(H,15,16). The van der Waals surface area contributed by atoms with Crippen LogP contribution in [0.25, 0.3) is 0 Å². The van der Waals surface area contributed by atoms with Gasteiger partial charge in [-0.15, -0.1) is 0 Å². The highest BCUT2D eigenvalue weighted by molar-refractivity contribution is 5.95. The Bertz CT molecular complexity index is 495. The molecule has 0 atom stereocenters. The molecule has 0 saturated heterocycles. The van der Waals surface area contributed by atoms with Crippen molar-refractivity contribution < 1.29 is 24.5 Å². The summed E-state index contributed by atoms with van der Waals surface area (Å²) in [5.41, 5.74) is 0.258. The molecule has 18 heavy (non-hydrogen) atoms. The van der Waals surface area contributed by atoms with E-state index in [9.17, 15) is 14.7 Å². The smallest absolute Gasteiger partial charge is 0.412 e. The highest BCUT2D eigenvalue weighted by atomic mass is 16.5. The summed E-state index contributed by atoms with van der Waals surface area (Å²) in [6.07, 6.45) is 0.593. The number of anilines is 1. The van der Waals surface area contributed by atoms with E-state index in [2.05, 4.69) is 16.6 Å². The molecular weight excluding hydrogens is 238 g/mol. The molecule has 0 spiro atoms. The van der Waals surface area contributed by atoms with Crippen LogP contribution < -0.4 is 5.32 Å². The molecule has 0 aliphatic rings. The third-order valence-corrected chi connectivity index (χ3v) is 2.23. The number of amides is 1. The molecular formula is C12H13NO5. The molecule has 6 heteroatoms. The summed E-state index contributed by atoms with van der Waals surface area (Å²) in [5.74, 6) is -1.37. The second kappa shape index (κ2) is 5.72. The fourth-order valence-electron chi connectivity index (χ4n) is 1.36. The Labute approximate surface area is 104 Å². The van der Waals surface area contributed by atoms with Crippen LogP contribution in [-0.4, -0.2) is 28.9 Å². The number of carbonyl (C=O) groups is 2. The summed E-state index contributed by atoms with van der Waals surface area (Å²) in [7, 11) is 0. The zero-order chi connectivity index (χ0) is 13.7. The Balaban J connectivity index is 3.00. The fourth-order valence-corrected chi connectivity index (χ4v) is 1.36. The average molecular weight is 251 g/mol. The number of phenolic OH excluding ortho intramolecular Hbond substituents is 1. The first-order valence-electron chi connectivity index (χ1n) is 5.08. The minimum absolute atomic E-state index is 0.00757. The van der Waals surface area contributed by atoms with Crippen molar-refractivity contribution in [3.05, 3.63) is 35.9 Å². The van der Waals surface area contributed by atoms with Gasteiger partial charge < -0.3 is 14.9 Å². The summed E-state index contributed by atoms with van der Waals surface area (Å²) in [6, 6.07) is 2.45. The maximum absolute atomic E-state index is 11.3. The van der Waals surface area contributed by atoms with E-state index in [0.29, 0.717) is 0 Å². The van der Waals surface area contributed by atoms with Crippen molar-refractivity contribution in [1.29, 1.82) is 0 Å². The van der Waals surface area contributed by atoms with Crippen LogP contribution in [0.3, 0.4) is 0 Å². The fraction of sp³-hybridized carbons (Fsp3) is 0.167. The van der Waals surface area contributed by atoms with Crippen LogP contribution in [-0.2, 0) is 4.74 Å². The molecule has 0 radical (unpaired) electrons. The van der Waals surface area contributed by atoms with Crippen molar-refractivity contribution >= 4 is 17.7 Å². The van der Waals surface area contributed by atoms with E-state index in [0.717, 1.165) is 0 Å². The van der Waals surface area contributed by atoms with Crippen molar-refractivity contribution in [3.63, 3.8) is 0 Å². The molecule has 0 aliphatic carbocycles. The second-order valence-corrected chi connectivity index (χ2v) is 3.45. The van der Waals surface area contributed by atoms with Gasteiger partial charge in [0.2, 0.25) is 0 Å². The summed E-state index contributed by atoms with van der Waals surface area (Å²) in [5, 5.41) is 20.8. The van der Waals surface area contributed by atoms with Gasteiger partial charge in [0.05, 0.1) is 11.3 Å². The Morgan fingerprint density at radius 3 is 2.72 bits per heavy atom. The number of benzene rings is 1. The number of aromatic carboxylic acids is 1. The summed E-state index contributed by atoms with van der Waals surface area (Å²) in [4.78, 5) is 22.2. The number of hydrogen-bond acceptors (Lipinski definition) is 4. The number of phenols is 1. The number of ether oxygens (including phenoxy) is 1. The Kier molecular flexibility index (Phi) is 4.31. The largest absolute Gasteiger partial charge is 0.506 e. The first-order chi connectivity index (χ1) is 8.47. The molecule has 0 fully saturated rings. The van der Waals surface area contributed by atoms with Gasteiger partial charge in [0.15, 0.2) is 0 Å². The van der Waals surface area contributed by atoms with Gasteiger partial charge in [-0.1, -0.05) is 12.7 Å². The van der Waals surface area contributed by atoms with Crippen LogP contribution >= 0.6 is 0 Å². The quantitative estimate of drug-likeness (QED) is 0.562. The molecule has 6 nitrogen and oxygen atoms in total. The van der Waals surface area contributed by atoms with Gasteiger partial charge in [-0.3, -0.25) is 5.32 Å². The van der Waals surface area contributed by atoms with Crippen molar-refractivity contribution in [2.75, 3.05) is 11.9 Å². The predicted octanol–water partition coefficient (Wildman–Crippen LogP) is 2.13. The molecule has 0 bridgehead atoms. The van der Waals surface area contributed by atoms with Gasteiger partial charge in [-0.2, -0.15) is 0 Å². The van der Waals surface area contributed by atoms with E-state index in [1.54, 1.807) is 0 Å². The number of hydrogen-bond donors (Lipinski definition) is 3. The lowest BCUT2D eigenvalue weighted by Crippen LogP contribution is -2.15. The van der Waals surface area contributed by atoms with Crippen molar-refractivity contribution in [2.24, 2.45) is 0 Å².